The number of hydrogen-bond donors (Lipinski definition) is 1. The fourth-order valence-electron chi connectivity index (χ4n) is 5.46. The van der Waals surface area contributed by atoms with Crippen LogP contribution >= 0.6 is 11.3 Å². The molecule has 1 aliphatic rings. The Kier molecular flexibility index (Phi) is 5.27. The summed E-state index contributed by atoms with van der Waals surface area (Å²) in [4.78, 5) is 5.14. The van der Waals surface area contributed by atoms with Gasteiger partial charge in [0.25, 0.3) is 0 Å². The molecule has 0 aliphatic carbocycles. The van der Waals surface area contributed by atoms with Gasteiger partial charge in [0, 0.05) is 36.0 Å². The maximum Gasteiger partial charge on any atom is 0.124 e. The summed E-state index contributed by atoms with van der Waals surface area (Å²) in [6, 6.07) is 17.9. The van der Waals surface area contributed by atoms with Crippen LogP contribution in [0, 0.1) is 13.8 Å². The highest BCUT2D eigenvalue weighted by Crippen LogP contribution is 2.41. The summed E-state index contributed by atoms with van der Waals surface area (Å²) in [5.74, 6) is 0.484. The van der Waals surface area contributed by atoms with Crippen molar-refractivity contribution in [2.24, 2.45) is 7.05 Å². The van der Waals surface area contributed by atoms with Crippen LogP contribution in [0.1, 0.15) is 41.6 Å². The molecule has 3 aromatic carbocycles. The van der Waals surface area contributed by atoms with Crippen LogP contribution in [0.15, 0.2) is 48.5 Å². The van der Waals surface area contributed by atoms with Gasteiger partial charge in [-0.25, -0.2) is 4.98 Å². The van der Waals surface area contributed by atoms with Gasteiger partial charge in [-0.15, -0.1) is 11.3 Å². The van der Waals surface area contributed by atoms with E-state index in [0.29, 0.717) is 5.92 Å². The zero-order valence-corrected chi connectivity index (χ0v) is 21.1. The minimum Gasteiger partial charge on any atom is -0.316 e. The highest BCUT2D eigenvalue weighted by molar-refractivity contribution is 7.22. The number of rotatable bonds is 4. The molecule has 5 aromatic rings. The molecule has 34 heavy (non-hydrogen) atoms. The molecule has 0 saturated carbocycles. The van der Waals surface area contributed by atoms with Gasteiger partial charge in [-0.1, -0.05) is 36.8 Å². The number of nitrogens with one attached hydrogen (secondary N) is 1. The molecule has 6 rings (SSSR count). The average molecular weight is 467 g/mol. The molecule has 1 atom stereocenters. The van der Waals surface area contributed by atoms with Crippen molar-refractivity contribution >= 4 is 32.5 Å². The van der Waals surface area contributed by atoms with Crippen LogP contribution in [-0.2, 0) is 13.5 Å². The van der Waals surface area contributed by atoms with Gasteiger partial charge in [-0.3, -0.25) is 4.68 Å². The number of aryl methyl sites for hydroxylation is 3. The Balaban J connectivity index is 1.54. The predicted molar refractivity (Wildman–Crippen MR) is 144 cm³/mol. The Labute approximate surface area is 204 Å². The fraction of sp³-hybridized carbons (Fsp3) is 0.310. The van der Waals surface area contributed by atoms with E-state index < -0.39 is 0 Å². The number of fused-ring (bicyclic) bond motifs is 2. The molecule has 5 heteroatoms. The summed E-state index contributed by atoms with van der Waals surface area (Å²) in [6.45, 7) is 8.70. The molecule has 0 unspecified atom stereocenters. The van der Waals surface area contributed by atoms with Crippen LogP contribution in [0.4, 0.5) is 0 Å². The first-order valence-electron chi connectivity index (χ1n) is 12.2. The zero-order valence-electron chi connectivity index (χ0n) is 20.3. The number of benzene rings is 3. The van der Waals surface area contributed by atoms with Crippen molar-refractivity contribution in [1.82, 2.24) is 20.1 Å². The summed E-state index contributed by atoms with van der Waals surface area (Å²) in [6.07, 6.45) is 2.16. The van der Waals surface area contributed by atoms with Gasteiger partial charge in [-0.2, -0.15) is 5.10 Å². The van der Waals surface area contributed by atoms with Crippen LogP contribution in [0.3, 0.4) is 0 Å². The SMILES string of the molecule is CCc1c(C)cc2nc(-c3ccc4c(c3)c([C@@H]3CCNC3)nn4C)sc2c1-c1ccc(C)cc1. The van der Waals surface area contributed by atoms with E-state index in [4.69, 9.17) is 10.1 Å². The Morgan fingerprint density at radius 3 is 2.59 bits per heavy atom. The summed E-state index contributed by atoms with van der Waals surface area (Å²) in [5, 5.41) is 10.7. The second kappa shape index (κ2) is 8.33. The zero-order chi connectivity index (χ0) is 23.4. The molecule has 1 saturated heterocycles. The lowest BCUT2D eigenvalue weighted by Crippen LogP contribution is -2.08. The van der Waals surface area contributed by atoms with Crippen molar-refractivity contribution in [3.05, 3.63) is 70.9 Å². The number of aromatic nitrogens is 3. The monoisotopic (exact) mass is 466 g/mol. The third-order valence-corrected chi connectivity index (χ3v) is 8.42. The van der Waals surface area contributed by atoms with Crippen LogP contribution in [0.25, 0.3) is 42.8 Å². The Hall–Kier alpha value is -3.02. The molecule has 3 heterocycles. The largest absolute Gasteiger partial charge is 0.316 e. The third kappa shape index (κ3) is 3.46. The topological polar surface area (TPSA) is 42.7 Å². The van der Waals surface area contributed by atoms with E-state index in [2.05, 4.69) is 81.7 Å². The van der Waals surface area contributed by atoms with Crippen LogP contribution in [0.5, 0.6) is 0 Å². The smallest absolute Gasteiger partial charge is 0.124 e. The Bertz CT molecular complexity index is 1520. The van der Waals surface area contributed by atoms with Crippen molar-refractivity contribution in [2.45, 2.75) is 39.5 Å². The van der Waals surface area contributed by atoms with Crippen LogP contribution in [0.2, 0.25) is 0 Å². The molecule has 172 valence electrons. The normalized spacial score (nSPS) is 16.2. The minimum absolute atomic E-state index is 0.484. The molecule has 1 N–H and O–H groups in total. The molecule has 0 amide bonds. The molecule has 1 fully saturated rings. The standard InChI is InChI=1S/C29H30N4S/c1-5-22-18(3)14-24-28(26(22)19-8-6-17(2)7-9-19)34-29(31-24)20-10-11-25-23(15-20)27(32-33(25)4)21-12-13-30-16-21/h6-11,14-15,21,30H,5,12-13,16H2,1-4H3/t21-/m1/s1. The molecule has 1 aliphatic heterocycles. The van der Waals surface area contributed by atoms with Gasteiger partial charge in [0.1, 0.15) is 5.01 Å². The highest BCUT2D eigenvalue weighted by Gasteiger charge is 2.23. The van der Waals surface area contributed by atoms with E-state index in [-0.39, 0.29) is 0 Å². The molecule has 0 bridgehead atoms. The van der Waals surface area contributed by atoms with Crippen molar-refractivity contribution in [3.8, 4) is 21.7 Å². The van der Waals surface area contributed by atoms with E-state index >= 15 is 0 Å². The van der Waals surface area contributed by atoms with Crippen molar-refractivity contribution in [1.29, 1.82) is 0 Å². The molecule has 0 spiro atoms. The maximum atomic E-state index is 5.14. The summed E-state index contributed by atoms with van der Waals surface area (Å²) < 4.78 is 3.31. The number of hydrogen-bond acceptors (Lipinski definition) is 4. The van der Waals surface area contributed by atoms with E-state index in [1.54, 1.807) is 0 Å². The van der Waals surface area contributed by atoms with Gasteiger partial charge < -0.3 is 5.32 Å². The minimum atomic E-state index is 0.484. The van der Waals surface area contributed by atoms with Crippen LogP contribution in [-0.4, -0.2) is 27.9 Å². The second-order valence-corrected chi connectivity index (χ2v) is 10.6. The summed E-state index contributed by atoms with van der Waals surface area (Å²) in [7, 11) is 2.05. The van der Waals surface area contributed by atoms with Gasteiger partial charge in [-0.05, 0) is 74.2 Å². The van der Waals surface area contributed by atoms with E-state index in [9.17, 15) is 0 Å². The third-order valence-electron chi connectivity index (χ3n) is 7.28. The van der Waals surface area contributed by atoms with E-state index in [1.165, 1.54) is 54.7 Å². The average Bonchev–Trinajstić information content (AvgIpc) is 3.58. The van der Waals surface area contributed by atoms with E-state index in [1.807, 2.05) is 16.0 Å². The first-order valence-corrected chi connectivity index (χ1v) is 13.0. The number of nitrogens with zero attached hydrogens (tertiary/aromatic N) is 3. The molecule has 2 aromatic heterocycles. The lowest BCUT2D eigenvalue weighted by molar-refractivity contribution is 0.690. The lowest BCUT2D eigenvalue weighted by Gasteiger charge is -2.13. The van der Waals surface area contributed by atoms with Crippen LogP contribution < -0.4 is 5.32 Å². The van der Waals surface area contributed by atoms with Gasteiger partial charge in [0.2, 0.25) is 0 Å². The maximum absolute atomic E-state index is 5.14. The first-order chi connectivity index (χ1) is 16.5. The Morgan fingerprint density at radius 1 is 1.06 bits per heavy atom. The summed E-state index contributed by atoms with van der Waals surface area (Å²) >= 11 is 1.82. The first kappa shape index (κ1) is 21.5. The van der Waals surface area contributed by atoms with Crippen molar-refractivity contribution in [2.75, 3.05) is 13.1 Å². The van der Waals surface area contributed by atoms with Gasteiger partial charge in [0.15, 0.2) is 0 Å². The van der Waals surface area contributed by atoms with Gasteiger partial charge in [0.05, 0.1) is 21.4 Å². The summed E-state index contributed by atoms with van der Waals surface area (Å²) in [5.41, 5.74) is 11.3. The molecular weight excluding hydrogens is 436 g/mol. The number of thiazole rings is 1. The van der Waals surface area contributed by atoms with Crippen molar-refractivity contribution < 1.29 is 0 Å². The lowest BCUT2D eigenvalue weighted by atomic mass is 9.93. The Morgan fingerprint density at radius 2 is 1.85 bits per heavy atom. The van der Waals surface area contributed by atoms with E-state index in [0.717, 1.165) is 36.5 Å². The second-order valence-electron chi connectivity index (χ2n) is 9.56. The quantitative estimate of drug-likeness (QED) is 0.318. The highest BCUT2D eigenvalue weighted by atomic mass is 32.1. The predicted octanol–water partition coefficient (Wildman–Crippen LogP) is 6.77. The molecular formula is C29H30N4S. The van der Waals surface area contributed by atoms with Gasteiger partial charge >= 0.3 is 0 Å². The molecule has 0 radical (unpaired) electrons. The fourth-order valence-corrected chi connectivity index (χ4v) is 6.59. The van der Waals surface area contributed by atoms with Crippen molar-refractivity contribution in [3.63, 3.8) is 0 Å². The molecule has 4 nitrogen and oxygen atoms in total.